The summed E-state index contributed by atoms with van der Waals surface area (Å²) in [7, 11) is 0. The van der Waals surface area contributed by atoms with Crippen molar-refractivity contribution < 1.29 is 9.53 Å². The number of ketones is 1. The third kappa shape index (κ3) is 2.53. The average molecular weight is 280 g/mol. The van der Waals surface area contributed by atoms with Crippen LogP contribution < -0.4 is 10.3 Å². The van der Waals surface area contributed by atoms with Gasteiger partial charge < -0.3 is 4.74 Å². The van der Waals surface area contributed by atoms with E-state index in [1.807, 2.05) is 6.07 Å². The molecule has 3 aromatic rings. The molecule has 0 saturated carbocycles. The molecule has 0 unspecified atom stereocenters. The van der Waals surface area contributed by atoms with Gasteiger partial charge in [0, 0.05) is 5.56 Å². The van der Waals surface area contributed by atoms with E-state index in [1.54, 1.807) is 42.5 Å². The zero-order chi connectivity index (χ0) is 14.8. The van der Waals surface area contributed by atoms with E-state index in [2.05, 4.69) is 10.2 Å². The van der Waals surface area contributed by atoms with Crippen molar-refractivity contribution in [3.8, 4) is 11.6 Å². The highest BCUT2D eigenvalue weighted by Crippen LogP contribution is 2.25. The minimum atomic E-state index is -0.268. The molecule has 1 N–H and O–H groups in total. The molecule has 0 atom stereocenters. The van der Waals surface area contributed by atoms with Gasteiger partial charge in [-0.2, -0.15) is 0 Å². The number of hydrogen-bond acceptors (Lipinski definition) is 4. The first-order valence-corrected chi connectivity index (χ1v) is 6.41. The lowest BCUT2D eigenvalue weighted by molar-refractivity contribution is 0.101. The molecule has 0 aliphatic carbocycles. The van der Waals surface area contributed by atoms with E-state index in [1.165, 1.54) is 6.92 Å². The highest BCUT2D eigenvalue weighted by atomic mass is 16.5. The molecule has 0 saturated heterocycles. The predicted octanol–water partition coefficient (Wildman–Crippen LogP) is 2.92. The molecule has 2 aromatic carbocycles. The first-order chi connectivity index (χ1) is 10.1. The van der Waals surface area contributed by atoms with Crippen LogP contribution in [0.5, 0.6) is 11.6 Å². The summed E-state index contributed by atoms with van der Waals surface area (Å²) in [5, 5.41) is 7.46. The van der Waals surface area contributed by atoms with Gasteiger partial charge in [-0.15, -0.1) is 5.10 Å². The van der Waals surface area contributed by atoms with Gasteiger partial charge in [-0.05, 0) is 31.2 Å². The summed E-state index contributed by atoms with van der Waals surface area (Å²) in [5.74, 6) is 0.748. The molecular weight excluding hydrogens is 268 g/mol. The second-order valence-corrected chi connectivity index (χ2v) is 4.59. The minimum Gasteiger partial charge on any atom is -0.437 e. The molecule has 5 nitrogen and oxygen atoms in total. The van der Waals surface area contributed by atoms with Crippen molar-refractivity contribution in [2.24, 2.45) is 0 Å². The lowest BCUT2D eigenvalue weighted by Gasteiger charge is -2.07. The summed E-state index contributed by atoms with van der Waals surface area (Å²) < 4.78 is 5.70. The second-order valence-electron chi connectivity index (χ2n) is 4.59. The smallest absolute Gasteiger partial charge is 0.272 e. The zero-order valence-corrected chi connectivity index (χ0v) is 11.3. The maximum absolute atomic E-state index is 11.7. The second kappa shape index (κ2) is 5.20. The van der Waals surface area contributed by atoms with Crippen LogP contribution in [0.25, 0.3) is 10.8 Å². The van der Waals surface area contributed by atoms with E-state index < -0.39 is 0 Å². The van der Waals surface area contributed by atoms with Gasteiger partial charge in [0.1, 0.15) is 5.75 Å². The Balaban J connectivity index is 2.06. The highest BCUT2D eigenvalue weighted by molar-refractivity contribution is 5.94. The van der Waals surface area contributed by atoms with Crippen LogP contribution in [0.4, 0.5) is 0 Å². The Morgan fingerprint density at radius 1 is 1.10 bits per heavy atom. The van der Waals surface area contributed by atoms with E-state index in [-0.39, 0.29) is 11.3 Å². The highest BCUT2D eigenvalue weighted by Gasteiger charge is 2.09. The van der Waals surface area contributed by atoms with Gasteiger partial charge in [-0.1, -0.05) is 24.3 Å². The fourth-order valence-corrected chi connectivity index (χ4v) is 2.06. The number of fused-ring (bicyclic) bond motifs is 1. The number of H-pyrrole nitrogens is 1. The summed E-state index contributed by atoms with van der Waals surface area (Å²) in [6.07, 6.45) is 0. The molecule has 0 aliphatic rings. The molecule has 5 heteroatoms. The number of hydrogen-bond donors (Lipinski definition) is 1. The van der Waals surface area contributed by atoms with Gasteiger partial charge in [0.15, 0.2) is 5.78 Å². The standard InChI is InChI=1S/C16H12N2O3/c1-10(19)11-5-4-6-12(9-11)21-16-14-8-3-2-7-13(14)15(20)17-18-16/h2-9H,1H3,(H,17,20). The molecular formula is C16H12N2O3. The Labute approximate surface area is 120 Å². The SMILES string of the molecule is CC(=O)c1cccc(Oc2n[nH]c(=O)c3ccccc23)c1. The van der Waals surface area contributed by atoms with Crippen LogP contribution in [0.3, 0.4) is 0 Å². The average Bonchev–Trinajstić information content (AvgIpc) is 2.51. The first kappa shape index (κ1) is 13.1. The number of benzene rings is 2. The molecule has 0 fully saturated rings. The van der Waals surface area contributed by atoms with Crippen molar-refractivity contribution >= 4 is 16.6 Å². The number of nitrogens with one attached hydrogen (secondary N) is 1. The summed E-state index contributed by atoms with van der Waals surface area (Å²) in [6, 6.07) is 13.9. The number of carbonyl (C=O) groups is 1. The van der Waals surface area contributed by atoms with E-state index in [0.29, 0.717) is 28.0 Å². The number of Topliss-reactive ketones (excluding diaryl/α,β-unsaturated/α-hetero) is 1. The Hall–Kier alpha value is -2.95. The van der Waals surface area contributed by atoms with Crippen molar-refractivity contribution in [2.45, 2.75) is 6.92 Å². The summed E-state index contributed by atoms with van der Waals surface area (Å²) in [6.45, 7) is 1.49. The largest absolute Gasteiger partial charge is 0.437 e. The number of aromatic amines is 1. The zero-order valence-electron chi connectivity index (χ0n) is 11.3. The fourth-order valence-electron chi connectivity index (χ4n) is 2.06. The van der Waals surface area contributed by atoms with Crippen molar-refractivity contribution in [1.82, 2.24) is 10.2 Å². The molecule has 1 aromatic heterocycles. The topological polar surface area (TPSA) is 72.0 Å². The summed E-state index contributed by atoms with van der Waals surface area (Å²) in [4.78, 5) is 23.1. The Morgan fingerprint density at radius 3 is 2.62 bits per heavy atom. The number of nitrogens with zero attached hydrogens (tertiary/aromatic N) is 1. The summed E-state index contributed by atoms with van der Waals surface area (Å²) in [5.41, 5.74) is 0.289. The van der Waals surface area contributed by atoms with E-state index >= 15 is 0 Å². The minimum absolute atomic E-state index is 0.0419. The molecule has 1 heterocycles. The lowest BCUT2D eigenvalue weighted by atomic mass is 10.1. The maximum atomic E-state index is 11.7. The van der Waals surface area contributed by atoms with Crippen LogP contribution in [0.2, 0.25) is 0 Å². The van der Waals surface area contributed by atoms with Gasteiger partial charge in [-0.3, -0.25) is 9.59 Å². The van der Waals surface area contributed by atoms with Crippen molar-refractivity contribution in [1.29, 1.82) is 0 Å². The number of ether oxygens (including phenoxy) is 1. The Kier molecular flexibility index (Phi) is 3.23. The summed E-state index contributed by atoms with van der Waals surface area (Å²) >= 11 is 0. The van der Waals surface area contributed by atoms with Crippen LogP contribution >= 0.6 is 0 Å². The normalized spacial score (nSPS) is 10.5. The molecule has 0 radical (unpaired) electrons. The molecule has 0 aliphatic heterocycles. The third-order valence-corrected chi connectivity index (χ3v) is 3.12. The monoisotopic (exact) mass is 280 g/mol. The van der Waals surface area contributed by atoms with Crippen LogP contribution in [-0.2, 0) is 0 Å². The Morgan fingerprint density at radius 2 is 1.86 bits per heavy atom. The number of aromatic nitrogens is 2. The van der Waals surface area contributed by atoms with Gasteiger partial charge in [0.05, 0.1) is 10.8 Å². The van der Waals surface area contributed by atoms with E-state index in [4.69, 9.17) is 4.74 Å². The third-order valence-electron chi connectivity index (χ3n) is 3.12. The van der Waals surface area contributed by atoms with E-state index in [0.717, 1.165) is 0 Å². The van der Waals surface area contributed by atoms with Crippen molar-refractivity contribution in [2.75, 3.05) is 0 Å². The Bertz CT molecular complexity index is 884. The van der Waals surface area contributed by atoms with Gasteiger partial charge in [0.25, 0.3) is 5.56 Å². The van der Waals surface area contributed by atoms with Gasteiger partial charge in [0.2, 0.25) is 5.88 Å². The van der Waals surface area contributed by atoms with Crippen molar-refractivity contribution in [3.63, 3.8) is 0 Å². The number of carbonyl (C=O) groups excluding carboxylic acids is 1. The molecule has 0 amide bonds. The molecule has 3 rings (SSSR count). The molecule has 0 spiro atoms. The number of rotatable bonds is 3. The van der Waals surface area contributed by atoms with E-state index in [9.17, 15) is 9.59 Å². The lowest BCUT2D eigenvalue weighted by Crippen LogP contribution is -2.09. The quantitative estimate of drug-likeness (QED) is 0.749. The van der Waals surface area contributed by atoms with Crippen molar-refractivity contribution in [3.05, 3.63) is 64.4 Å². The molecule has 21 heavy (non-hydrogen) atoms. The molecule has 0 bridgehead atoms. The van der Waals surface area contributed by atoms with Crippen LogP contribution in [0.1, 0.15) is 17.3 Å². The fraction of sp³-hybridized carbons (Fsp3) is 0.0625. The maximum Gasteiger partial charge on any atom is 0.272 e. The predicted molar refractivity (Wildman–Crippen MR) is 78.9 cm³/mol. The van der Waals surface area contributed by atoms with Crippen LogP contribution in [-0.4, -0.2) is 16.0 Å². The first-order valence-electron chi connectivity index (χ1n) is 6.41. The van der Waals surface area contributed by atoms with Gasteiger partial charge >= 0.3 is 0 Å². The van der Waals surface area contributed by atoms with Gasteiger partial charge in [-0.25, -0.2) is 5.10 Å². The molecule has 104 valence electrons. The van der Waals surface area contributed by atoms with Crippen LogP contribution in [0, 0.1) is 0 Å². The van der Waals surface area contributed by atoms with Crippen LogP contribution in [0.15, 0.2) is 53.3 Å².